The van der Waals surface area contributed by atoms with Crippen LogP contribution in [0, 0.1) is 0 Å². The molecule has 0 bridgehead atoms. The summed E-state index contributed by atoms with van der Waals surface area (Å²) in [6.45, 7) is 3.09. The van der Waals surface area contributed by atoms with Gasteiger partial charge >= 0.3 is 0 Å². The fraction of sp³-hybridized carbons (Fsp3) is 0.278. The molecule has 0 atom stereocenters. The van der Waals surface area contributed by atoms with Crippen LogP contribution in [0.15, 0.2) is 48.5 Å². The zero-order valence-corrected chi connectivity index (χ0v) is 13.6. The van der Waals surface area contributed by atoms with Gasteiger partial charge in [0.05, 0.1) is 5.56 Å². The standard InChI is InChI=1S/C18H21NO2S/c1-2-5-14-8-10-15(11-9-14)20-12-13-21-17-7-4-3-6-16(17)18(19)22/h3-4,6-11H,2,5,12-13H2,1H3,(H2,19,22). The van der Waals surface area contributed by atoms with Crippen LogP contribution in [0.3, 0.4) is 0 Å². The number of hydrogen-bond acceptors (Lipinski definition) is 3. The van der Waals surface area contributed by atoms with Gasteiger partial charge in [0, 0.05) is 0 Å². The average Bonchev–Trinajstić information content (AvgIpc) is 2.53. The molecular weight excluding hydrogens is 294 g/mol. The predicted molar refractivity (Wildman–Crippen MR) is 93.8 cm³/mol. The molecule has 0 heterocycles. The largest absolute Gasteiger partial charge is 0.490 e. The van der Waals surface area contributed by atoms with Crippen molar-refractivity contribution in [3.63, 3.8) is 0 Å². The summed E-state index contributed by atoms with van der Waals surface area (Å²) in [7, 11) is 0. The Bertz CT molecular complexity index is 611. The van der Waals surface area contributed by atoms with E-state index in [1.807, 2.05) is 36.4 Å². The highest BCUT2D eigenvalue weighted by Gasteiger charge is 2.05. The highest BCUT2D eigenvalue weighted by Crippen LogP contribution is 2.18. The lowest BCUT2D eigenvalue weighted by molar-refractivity contribution is 0.217. The minimum absolute atomic E-state index is 0.336. The molecule has 0 unspecified atom stereocenters. The van der Waals surface area contributed by atoms with Crippen LogP contribution in [-0.4, -0.2) is 18.2 Å². The third-order valence-corrected chi connectivity index (χ3v) is 3.44. The van der Waals surface area contributed by atoms with Crippen LogP contribution in [-0.2, 0) is 6.42 Å². The SMILES string of the molecule is CCCc1ccc(OCCOc2ccccc2C(N)=S)cc1. The molecule has 0 aromatic heterocycles. The minimum atomic E-state index is 0.336. The Morgan fingerprint density at radius 2 is 1.68 bits per heavy atom. The molecule has 0 spiro atoms. The van der Waals surface area contributed by atoms with Gasteiger partial charge in [0.2, 0.25) is 0 Å². The number of rotatable bonds is 8. The fourth-order valence-electron chi connectivity index (χ4n) is 2.15. The molecule has 0 fully saturated rings. The van der Waals surface area contributed by atoms with Crippen LogP contribution in [0.1, 0.15) is 24.5 Å². The molecule has 0 amide bonds. The van der Waals surface area contributed by atoms with Crippen molar-refractivity contribution < 1.29 is 9.47 Å². The summed E-state index contributed by atoms with van der Waals surface area (Å²) in [6, 6.07) is 15.7. The van der Waals surface area contributed by atoms with Gasteiger partial charge in [0.15, 0.2) is 0 Å². The second-order valence-corrected chi connectivity index (χ2v) is 5.39. The number of hydrogen-bond donors (Lipinski definition) is 1. The molecule has 0 aliphatic heterocycles. The zero-order valence-electron chi connectivity index (χ0n) is 12.7. The maximum atomic E-state index is 5.69. The third kappa shape index (κ3) is 4.74. The number of para-hydroxylation sites is 1. The zero-order chi connectivity index (χ0) is 15.8. The Kier molecular flexibility index (Phi) is 6.22. The first-order valence-corrected chi connectivity index (χ1v) is 7.85. The minimum Gasteiger partial charge on any atom is -0.490 e. The van der Waals surface area contributed by atoms with Crippen molar-refractivity contribution in [3.8, 4) is 11.5 Å². The number of nitrogens with two attached hydrogens (primary N) is 1. The van der Waals surface area contributed by atoms with Gasteiger partial charge in [-0.1, -0.05) is 49.8 Å². The van der Waals surface area contributed by atoms with E-state index in [1.165, 1.54) is 5.56 Å². The van der Waals surface area contributed by atoms with Crippen molar-refractivity contribution in [1.29, 1.82) is 0 Å². The third-order valence-electron chi connectivity index (χ3n) is 3.22. The van der Waals surface area contributed by atoms with E-state index in [0.717, 1.165) is 24.2 Å². The van der Waals surface area contributed by atoms with E-state index in [0.29, 0.717) is 24.0 Å². The Morgan fingerprint density at radius 3 is 2.36 bits per heavy atom. The van der Waals surface area contributed by atoms with Crippen LogP contribution < -0.4 is 15.2 Å². The van der Waals surface area contributed by atoms with Crippen molar-refractivity contribution in [1.82, 2.24) is 0 Å². The molecule has 116 valence electrons. The summed E-state index contributed by atoms with van der Waals surface area (Å²) >= 11 is 5.01. The predicted octanol–water partition coefficient (Wildman–Crippen LogP) is 3.73. The molecule has 0 radical (unpaired) electrons. The normalized spacial score (nSPS) is 10.2. The maximum absolute atomic E-state index is 5.69. The van der Waals surface area contributed by atoms with Gasteiger partial charge in [-0.2, -0.15) is 0 Å². The molecular formula is C18H21NO2S. The van der Waals surface area contributed by atoms with Gasteiger partial charge in [-0.3, -0.25) is 0 Å². The molecule has 22 heavy (non-hydrogen) atoms. The number of ether oxygens (including phenoxy) is 2. The summed E-state index contributed by atoms with van der Waals surface area (Å²) in [4.78, 5) is 0.336. The van der Waals surface area contributed by atoms with Crippen molar-refractivity contribution >= 4 is 17.2 Å². The van der Waals surface area contributed by atoms with E-state index in [2.05, 4.69) is 19.1 Å². The topological polar surface area (TPSA) is 44.5 Å². The molecule has 3 nitrogen and oxygen atoms in total. The van der Waals surface area contributed by atoms with E-state index in [-0.39, 0.29) is 0 Å². The van der Waals surface area contributed by atoms with E-state index < -0.39 is 0 Å². The molecule has 4 heteroatoms. The Balaban J connectivity index is 1.81. The van der Waals surface area contributed by atoms with Gasteiger partial charge in [0.25, 0.3) is 0 Å². The molecule has 0 aliphatic rings. The second-order valence-electron chi connectivity index (χ2n) is 4.95. The lowest BCUT2D eigenvalue weighted by Gasteiger charge is -2.11. The van der Waals surface area contributed by atoms with Crippen LogP contribution in [0.4, 0.5) is 0 Å². The Morgan fingerprint density at radius 1 is 1.00 bits per heavy atom. The Hall–Kier alpha value is -2.07. The summed E-state index contributed by atoms with van der Waals surface area (Å²) < 4.78 is 11.4. The summed E-state index contributed by atoms with van der Waals surface area (Å²) in [5, 5.41) is 0. The van der Waals surface area contributed by atoms with Crippen LogP contribution in [0.25, 0.3) is 0 Å². The van der Waals surface area contributed by atoms with E-state index in [4.69, 9.17) is 27.4 Å². The lowest BCUT2D eigenvalue weighted by atomic mass is 10.1. The van der Waals surface area contributed by atoms with Crippen molar-refractivity contribution in [2.75, 3.05) is 13.2 Å². The van der Waals surface area contributed by atoms with Crippen LogP contribution >= 0.6 is 12.2 Å². The van der Waals surface area contributed by atoms with E-state index >= 15 is 0 Å². The molecule has 0 saturated heterocycles. The maximum Gasteiger partial charge on any atom is 0.129 e. The van der Waals surface area contributed by atoms with E-state index in [1.54, 1.807) is 0 Å². The first kappa shape index (κ1) is 16.3. The molecule has 2 rings (SSSR count). The molecule has 2 aromatic carbocycles. The monoisotopic (exact) mass is 315 g/mol. The average molecular weight is 315 g/mol. The summed E-state index contributed by atoms with van der Waals surface area (Å²) in [5.41, 5.74) is 7.75. The van der Waals surface area contributed by atoms with Gasteiger partial charge in [-0.15, -0.1) is 0 Å². The van der Waals surface area contributed by atoms with Crippen molar-refractivity contribution in [3.05, 3.63) is 59.7 Å². The van der Waals surface area contributed by atoms with Crippen molar-refractivity contribution in [2.24, 2.45) is 5.73 Å². The van der Waals surface area contributed by atoms with Crippen LogP contribution in [0.2, 0.25) is 0 Å². The first-order valence-electron chi connectivity index (χ1n) is 7.44. The number of benzene rings is 2. The molecule has 0 aliphatic carbocycles. The fourth-order valence-corrected chi connectivity index (χ4v) is 2.32. The lowest BCUT2D eigenvalue weighted by Crippen LogP contribution is -2.14. The molecule has 0 saturated carbocycles. The van der Waals surface area contributed by atoms with Gasteiger partial charge in [-0.05, 0) is 36.2 Å². The summed E-state index contributed by atoms with van der Waals surface area (Å²) in [5.74, 6) is 1.54. The van der Waals surface area contributed by atoms with Crippen molar-refractivity contribution in [2.45, 2.75) is 19.8 Å². The highest BCUT2D eigenvalue weighted by atomic mass is 32.1. The quantitative estimate of drug-likeness (QED) is 0.595. The highest BCUT2D eigenvalue weighted by molar-refractivity contribution is 7.80. The molecule has 2 aromatic rings. The smallest absolute Gasteiger partial charge is 0.129 e. The van der Waals surface area contributed by atoms with E-state index in [9.17, 15) is 0 Å². The van der Waals surface area contributed by atoms with Gasteiger partial charge < -0.3 is 15.2 Å². The first-order chi connectivity index (χ1) is 10.7. The van der Waals surface area contributed by atoms with Gasteiger partial charge in [0.1, 0.15) is 29.7 Å². The second kappa shape index (κ2) is 8.39. The number of thiocarbonyl (C=S) groups is 1. The van der Waals surface area contributed by atoms with Gasteiger partial charge in [-0.25, -0.2) is 0 Å². The Labute approximate surface area is 137 Å². The summed E-state index contributed by atoms with van der Waals surface area (Å²) in [6.07, 6.45) is 2.25. The molecule has 2 N–H and O–H groups in total. The number of aryl methyl sites for hydroxylation is 1. The van der Waals surface area contributed by atoms with Crippen LogP contribution in [0.5, 0.6) is 11.5 Å².